The summed E-state index contributed by atoms with van der Waals surface area (Å²) in [6.45, 7) is 3.06. The molecule has 0 saturated heterocycles. The molecule has 0 saturated carbocycles. The Balaban J connectivity index is 1.69. The van der Waals surface area contributed by atoms with Gasteiger partial charge in [-0.25, -0.2) is 0 Å². The first-order valence-electron chi connectivity index (χ1n) is 10.0. The maximum atomic E-state index is 5.94. The first-order chi connectivity index (χ1) is 13.4. The summed E-state index contributed by atoms with van der Waals surface area (Å²) in [7, 11) is -0.537. The first-order valence-corrected chi connectivity index (χ1v) is 11.4. The second-order valence-corrected chi connectivity index (χ2v) is 8.98. The molecule has 0 N–H and O–H groups in total. The molecular formula is C25H29OP. The summed E-state index contributed by atoms with van der Waals surface area (Å²) in [5.41, 5.74) is 0. The molecule has 1 nitrogen and oxygen atoms in total. The van der Waals surface area contributed by atoms with Gasteiger partial charge in [0.15, 0.2) is 0 Å². The molecule has 0 heterocycles. The quantitative estimate of drug-likeness (QED) is 0.321. The van der Waals surface area contributed by atoms with Gasteiger partial charge in [-0.2, -0.15) is 0 Å². The fraction of sp³-hybridized carbons (Fsp3) is 0.280. The standard InChI is InChI=1S/C25H29OP/c1-2-3-4-5-12-21-26-22-17-19-25(20-18-22)27(23-13-8-6-9-14-23)24-15-10-7-11-16-24/h6-11,13-20H,2-5,12,21H2,1H3. The molecular weight excluding hydrogens is 347 g/mol. The predicted molar refractivity (Wildman–Crippen MR) is 119 cm³/mol. The van der Waals surface area contributed by atoms with Gasteiger partial charge < -0.3 is 4.74 Å². The summed E-state index contributed by atoms with van der Waals surface area (Å²) in [6, 6.07) is 30.3. The molecule has 0 spiro atoms. The van der Waals surface area contributed by atoms with Crippen molar-refractivity contribution in [3.8, 4) is 5.75 Å². The SMILES string of the molecule is CCCCCCCOc1ccc(P(c2ccccc2)c2ccccc2)cc1. The van der Waals surface area contributed by atoms with Crippen molar-refractivity contribution in [3.05, 3.63) is 84.9 Å². The molecule has 0 radical (unpaired) electrons. The second-order valence-electron chi connectivity index (χ2n) is 6.76. The number of hydrogen-bond donors (Lipinski definition) is 0. The van der Waals surface area contributed by atoms with E-state index in [-0.39, 0.29) is 0 Å². The zero-order chi connectivity index (χ0) is 18.7. The zero-order valence-electron chi connectivity index (χ0n) is 16.2. The largest absolute Gasteiger partial charge is 0.494 e. The minimum Gasteiger partial charge on any atom is -0.494 e. The van der Waals surface area contributed by atoms with Gasteiger partial charge in [-0.3, -0.25) is 0 Å². The van der Waals surface area contributed by atoms with Crippen molar-refractivity contribution in [2.45, 2.75) is 39.0 Å². The Morgan fingerprint density at radius 1 is 0.593 bits per heavy atom. The van der Waals surface area contributed by atoms with Crippen LogP contribution in [0.1, 0.15) is 39.0 Å². The van der Waals surface area contributed by atoms with Crippen LogP contribution in [0.25, 0.3) is 0 Å². The van der Waals surface area contributed by atoms with Crippen molar-refractivity contribution in [3.63, 3.8) is 0 Å². The number of hydrogen-bond acceptors (Lipinski definition) is 1. The van der Waals surface area contributed by atoms with Crippen molar-refractivity contribution in [2.75, 3.05) is 6.61 Å². The van der Waals surface area contributed by atoms with Crippen molar-refractivity contribution in [1.29, 1.82) is 0 Å². The molecule has 0 aromatic heterocycles. The Hall–Kier alpha value is -2.11. The van der Waals surface area contributed by atoms with E-state index in [1.165, 1.54) is 41.6 Å². The van der Waals surface area contributed by atoms with E-state index in [4.69, 9.17) is 4.74 Å². The highest BCUT2D eigenvalue weighted by Crippen LogP contribution is 2.33. The first kappa shape index (κ1) is 19.6. The molecule has 3 aromatic carbocycles. The summed E-state index contributed by atoms with van der Waals surface area (Å²) in [6.07, 6.45) is 6.34. The summed E-state index contributed by atoms with van der Waals surface area (Å²) in [5.74, 6) is 0.977. The molecule has 140 valence electrons. The molecule has 0 aliphatic carbocycles. The van der Waals surface area contributed by atoms with Gasteiger partial charge >= 0.3 is 0 Å². The number of rotatable bonds is 10. The fourth-order valence-electron chi connectivity index (χ4n) is 3.19. The lowest BCUT2D eigenvalue weighted by atomic mass is 10.2. The third kappa shape index (κ3) is 5.94. The van der Waals surface area contributed by atoms with Crippen LogP contribution in [-0.4, -0.2) is 6.61 Å². The van der Waals surface area contributed by atoms with E-state index in [0.29, 0.717) is 0 Å². The van der Waals surface area contributed by atoms with Crippen molar-refractivity contribution < 1.29 is 4.74 Å². The lowest BCUT2D eigenvalue weighted by molar-refractivity contribution is 0.304. The lowest BCUT2D eigenvalue weighted by Crippen LogP contribution is -2.20. The normalized spacial score (nSPS) is 10.9. The van der Waals surface area contributed by atoms with Gasteiger partial charge in [0.2, 0.25) is 0 Å². The Morgan fingerprint density at radius 2 is 1.11 bits per heavy atom. The minimum atomic E-state index is -0.537. The predicted octanol–water partition coefficient (Wildman–Crippen LogP) is 5.79. The number of unbranched alkanes of at least 4 members (excludes halogenated alkanes) is 4. The van der Waals surface area contributed by atoms with Crippen LogP contribution in [0.4, 0.5) is 0 Å². The molecule has 0 bridgehead atoms. The van der Waals surface area contributed by atoms with E-state index in [1.807, 2.05) is 0 Å². The van der Waals surface area contributed by atoms with Crippen LogP contribution in [0.3, 0.4) is 0 Å². The van der Waals surface area contributed by atoms with Gasteiger partial charge in [0.05, 0.1) is 6.61 Å². The Labute approximate surface area is 165 Å². The maximum Gasteiger partial charge on any atom is 0.119 e. The summed E-state index contributed by atoms with van der Waals surface area (Å²) < 4.78 is 5.94. The summed E-state index contributed by atoms with van der Waals surface area (Å²) in [4.78, 5) is 0. The van der Waals surface area contributed by atoms with Gasteiger partial charge in [0.25, 0.3) is 0 Å². The van der Waals surface area contributed by atoms with Crippen LogP contribution in [0.15, 0.2) is 84.9 Å². The molecule has 0 amide bonds. The molecule has 2 heteroatoms. The molecule has 27 heavy (non-hydrogen) atoms. The Morgan fingerprint density at radius 3 is 1.67 bits per heavy atom. The average molecular weight is 376 g/mol. The van der Waals surface area contributed by atoms with Crippen LogP contribution < -0.4 is 20.7 Å². The highest BCUT2D eigenvalue weighted by molar-refractivity contribution is 7.79. The average Bonchev–Trinajstić information content (AvgIpc) is 2.73. The lowest BCUT2D eigenvalue weighted by Gasteiger charge is -2.19. The smallest absolute Gasteiger partial charge is 0.119 e. The van der Waals surface area contributed by atoms with Gasteiger partial charge in [-0.15, -0.1) is 0 Å². The van der Waals surface area contributed by atoms with Crippen molar-refractivity contribution in [2.24, 2.45) is 0 Å². The highest BCUT2D eigenvalue weighted by atomic mass is 31.1. The van der Waals surface area contributed by atoms with Crippen LogP contribution in [0.2, 0.25) is 0 Å². The topological polar surface area (TPSA) is 9.23 Å². The van der Waals surface area contributed by atoms with Crippen molar-refractivity contribution in [1.82, 2.24) is 0 Å². The van der Waals surface area contributed by atoms with E-state index in [2.05, 4.69) is 91.9 Å². The third-order valence-corrected chi connectivity index (χ3v) is 7.08. The van der Waals surface area contributed by atoms with E-state index < -0.39 is 7.92 Å². The van der Waals surface area contributed by atoms with Gasteiger partial charge in [0, 0.05) is 0 Å². The monoisotopic (exact) mass is 376 g/mol. The zero-order valence-corrected chi connectivity index (χ0v) is 17.1. The van der Waals surface area contributed by atoms with E-state index in [9.17, 15) is 0 Å². The molecule has 0 atom stereocenters. The van der Waals surface area contributed by atoms with Gasteiger partial charge in [-0.1, -0.05) is 105 Å². The highest BCUT2D eigenvalue weighted by Gasteiger charge is 2.15. The second kappa shape index (κ2) is 10.9. The molecule has 3 aromatic rings. The number of benzene rings is 3. The van der Waals surface area contributed by atoms with E-state index >= 15 is 0 Å². The van der Waals surface area contributed by atoms with E-state index in [1.54, 1.807) is 0 Å². The molecule has 0 fully saturated rings. The van der Waals surface area contributed by atoms with Gasteiger partial charge in [0.1, 0.15) is 5.75 Å². The molecule has 3 rings (SSSR count). The maximum absolute atomic E-state index is 5.94. The summed E-state index contributed by atoms with van der Waals surface area (Å²) >= 11 is 0. The Kier molecular flexibility index (Phi) is 7.93. The molecule has 0 unspecified atom stereocenters. The fourth-order valence-corrected chi connectivity index (χ4v) is 5.47. The van der Waals surface area contributed by atoms with Crippen LogP contribution in [-0.2, 0) is 0 Å². The van der Waals surface area contributed by atoms with Crippen LogP contribution in [0.5, 0.6) is 5.75 Å². The number of ether oxygens (including phenoxy) is 1. The van der Waals surface area contributed by atoms with Crippen molar-refractivity contribution >= 4 is 23.8 Å². The van der Waals surface area contributed by atoms with E-state index in [0.717, 1.165) is 18.8 Å². The molecule has 0 aliphatic rings. The Bertz CT molecular complexity index is 729. The van der Waals surface area contributed by atoms with Crippen LogP contribution in [0, 0.1) is 0 Å². The molecule has 0 aliphatic heterocycles. The van der Waals surface area contributed by atoms with Gasteiger partial charge in [-0.05, 0) is 42.4 Å². The summed E-state index contributed by atoms with van der Waals surface area (Å²) in [5, 5.41) is 4.12. The minimum absolute atomic E-state index is 0.537. The van der Waals surface area contributed by atoms with Crippen LogP contribution >= 0.6 is 7.92 Å². The third-order valence-electron chi connectivity index (χ3n) is 4.64.